The van der Waals surface area contributed by atoms with Gasteiger partial charge in [0.1, 0.15) is 0 Å². The van der Waals surface area contributed by atoms with Gasteiger partial charge in [-0.05, 0) is 42.5 Å². The van der Waals surface area contributed by atoms with Crippen LogP contribution in [0.3, 0.4) is 0 Å². The second-order valence-corrected chi connectivity index (χ2v) is 7.40. The summed E-state index contributed by atoms with van der Waals surface area (Å²) in [5.74, 6) is -0.0331. The van der Waals surface area contributed by atoms with Gasteiger partial charge in [0.25, 0.3) is 11.5 Å². The first kappa shape index (κ1) is 19.1. The molecule has 0 atom stereocenters. The fourth-order valence-corrected chi connectivity index (χ4v) is 3.94. The minimum atomic E-state index is -0.181. The third-order valence-electron chi connectivity index (χ3n) is 5.23. The minimum Gasteiger partial charge on any atom is -0.368 e. The SMILES string of the molecule is C=CCn1c(=S)[nH]c2cc(C(=O)N3CCN(c4ccccc4)CC3)ccc2c1=O. The number of nitrogens with zero attached hydrogens (tertiary/aromatic N) is 3. The van der Waals surface area contributed by atoms with Gasteiger partial charge in [0.15, 0.2) is 4.77 Å². The number of amides is 1. The molecule has 29 heavy (non-hydrogen) atoms. The Kier molecular flexibility index (Phi) is 5.31. The van der Waals surface area contributed by atoms with Crippen molar-refractivity contribution in [2.45, 2.75) is 6.54 Å². The summed E-state index contributed by atoms with van der Waals surface area (Å²) in [6, 6.07) is 15.3. The standard InChI is InChI=1S/C22H22N4O2S/c1-2-10-26-21(28)18-9-8-16(15-19(18)23-22(26)29)20(27)25-13-11-24(12-14-25)17-6-4-3-5-7-17/h2-9,15H,1,10-14H2,(H,23,29). The summed E-state index contributed by atoms with van der Waals surface area (Å²) in [5, 5.41) is 0.505. The smallest absolute Gasteiger partial charge is 0.262 e. The van der Waals surface area contributed by atoms with Gasteiger partial charge >= 0.3 is 0 Å². The van der Waals surface area contributed by atoms with Gasteiger partial charge in [-0.25, -0.2) is 0 Å². The third-order valence-corrected chi connectivity index (χ3v) is 5.55. The molecule has 3 aromatic rings. The number of hydrogen-bond acceptors (Lipinski definition) is 4. The molecule has 1 aliphatic rings. The highest BCUT2D eigenvalue weighted by Gasteiger charge is 2.22. The Labute approximate surface area is 173 Å². The summed E-state index contributed by atoms with van der Waals surface area (Å²) in [7, 11) is 0. The van der Waals surface area contributed by atoms with Gasteiger partial charge in [-0.15, -0.1) is 6.58 Å². The third kappa shape index (κ3) is 3.73. The molecule has 0 unspecified atom stereocenters. The number of piperazine rings is 1. The van der Waals surface area contributed by atoms with Gasteiger partial charge in [-0.3, -0.25) is 14.2 Å². The summed E-state index contributed by atoms with van der Waals surface area (Å²) < 4.78 is 1.78. The van der Waals surface area contributed by atoms with Crippen molar-refractivity contribution in [3.8, 4) is 0 Å². The van der Waals surface area contributed by atoms with Gasteiger partial charge in [0.2, 0.25) is 0 Å². The number of para-hydroxylation sites is 1. The number of carbonyl (C=O) groups is 1. The number of allylic oxidation sites excluding steroid dienone is 1. The zero-order chi connectivity index (χ0) is 20.4. The maximum absolute atomic E-state index is 13.0. The average Bonchev–Trinajstić information content (AvgIpc) is 2.76. The summed E-state index contributed by atoms with van der Waals surface area (Å²) in [4.78, 5) is 32.8. The summed E-state index contributed by atoms with van der Waals surface area (Å²) in [6.07, 6.45) is 1.63. The fourth-order valence-electron chi connectivity index (χ4n) is 3.67. The van der Waals surface area contributed by atoms with E-state index in [1.165, 1.54) is 10.3 Å². The van der Waals surface area contributed by atoms with Crippen LogP contribution >= 0.6 is 12.2 Å². The largest absolute Gasteiger partial charge is 0.368 e. The van der Waals surface area contributed by atoms with E-state index in [2.05, 4.69) is 28.6 Å². The molecule has 0 radical (unpaired) electrons. The molecule has 0 saturated carbocycles. The fraction of sp³-hybridized carbons (Fsp3) is 0.227. The van der Waals surface area contributed by atoms with Crippen LogP contribution in [0.5, 0.6) is 0 Å². The van der Waals surface area contributed by atoms with Gasteiger partial charge in [-0.2, -0.15) is 0 Å². The van der Waals surface area contributed by atoms with E-state index in [4.69, 9.17) is 12.2 Å². The van der Waals surface area contributed by atoms with Gasteiger partial charge in [0.05, 0.1) is 10.9 Å². The molecule has 1 aliphatic heterocycles. The van der Waals surface area contributed by atoms with E-state index in [9.17, 15) is 9.59 Å². The number of hydrogen-bond donors (Lipinski definition) is 1. The van der Waals surface area contributed by atoms with Crippen LogP contribution in [0, 0.1) is 4.77 Å². The lowest BCUT2D eigenvalue weighted by Crippen LogP contribution is -2.48. The first-order valence-corrected chi connectivity index (χ1v) is 9.96. The van der Waals surface area contributed by atoms with Crippen LogP contribution in [0.2, 0.25) is 0 Å². The van der Waals surface area contributed by atoms with E-state index in [0.717, 1.165) is 13.1 Å². The molecular formula is C22H22N4O2S. The summed E-state index contributed by atoms with van der Waals surface area (Å²) in [6.45, 7) is 6.89. The van der Waals surface area contributed by atoms with Crippen LogP contribution in [-0.4, -0.2) is 46.5 Å². The Balaban J connectivity index is 1.55. The molecule has 2 aromatic carbocycles. The van der Waals surface area contributed by atoms with Crippen molar-refractivity contribution in [3.05, 3.63) is 81.9 Å². The zero-order valence-corrected chi connectivity index (χ0v) is 16.8. The molecule has 4 rings (SSSR count). The van der Waals surface area contributed by atoms with Crippen molar-refractivity contribution >= 4 is 34.7 Å². The maximum Gasteiger partial charge on any atom is 0.262 e. The van der Waals surface area contributed by atoms with Crippen molar-refractivity contribution in [2.75, 3.05) is 31.1 Å². The average molecular weight is 407 g/mol. The Bertz CT molecular complexity index is 1170. The molecule has 1 aromatic heterocycles. The quantitative estimate of drug-likeness (QED) is 0.534. The highest BCUT2D eigenvalue weighted by atomic mass is 32.1. The van der Waals surface area contributed by atoms with Crippen LogP contribution in [0.1, 0.15) is 10.4 Å². The molecule has 2 heterocycles. The van der Waals surface area contributed by atoms with Crippen LogP contribution in [0.15, 0.2) is 66.0 Å². The van der Waals surface area contributed by atoms with E-state index in [1.54, 1.807) is 24.3 Å². The van der Waals surface area contributed by atoms with Gasteiger partial charge in [0, 0.05) is 44.0 Å². The molecule has 6 nitrogen and oxygen atoms in total. The highest BCUT2D eigenvalue weighted by molar-refractivity contribution is 7.71. The lowest BCUT2D eigenvalue weighted by Gasteiger charge is -2.36. The van der Waals surface area contributed by atoms with E-state index >= 15 is 0 Å². The van der Waals surface area contributed by atoms with Crippen LogP contribution in [-0.2, 0) is 6.54 Å². The molecule has 1 saturated heterocycles. The summed E-state index contributed by atoms with van der Waals surface area (Å²) in [5.41, 5.74) is 2.12. The van der Waals surface area contributed by atoms with E-state index < -0.39 is 0 Å². The molecule has 1 fully saturated rings. The predicted molar refractivity (Wildman–Crippen MR) is 118 cm³/mol. The highest BCUT2D eigenvalue weighted by Crippen LogP contribution is 2.18. The number of aromatic nitrogens is 2. The number of carbonyl (C=O) groups excluding carboxylic acids is 1. The number of anilines is 1. The van der Waals surface area contributed by atoms with Crippen LogP contribution in [0.4, 0.5) is 5.69 Å². The van der Waals surface area contributed by atoms with Crippen molar-refractivity contribution < 1.29 is 4.79 Å². The normalized spacial score (nSPS) is 14.2. The molecular weight excluding hydrogens is 384 g/mol. The molecule has 0 spiro atoms. The molecule has 1 N–H and O–H groups in total. The first-order chi connectivity index (χ1) is 14.1. The molecule has 148 valence electrons. The van der Waals surface area contributed by atoms with E-state index in [1.807, 2.05) is 23.1 Å². The lowest BCUT2D eigenvalue weighted by atomic mass is 10.1. The number of H-pyrrole nitrogens is 1. The van der Waals surface area contributed by atoms with Crippen molar-refractivity contribution in [3.63, 3.8) is 0 Å². The van der Waals surface area contributed by atoms with Gasteiger partial charge in [-0.1, -0.05) is 24.3 Å². The topological polar surface area (TPSA) is 61.3 Å². The lowest BCUT2D eigenvalue weighted by molar-refractivity contribution is 0.0747. The second-order valence-electron chi connectivity index (χ2n) is 7.01. The molecule has 7 heteroatoms. The Morgan fingerprint density at radius 3 is 2.52 bits per heavy atom. The summed E-state index contributed by atoms with van der Waals surface area (Å²) >= 11 is 5.28. The molecule has 1 amide bonds. The number of rotatable bonds is 4. The van der Waals surface area contributed by atoms with Crippen LogP contribution in [0.25, 0.3) is 10.9 Å². The van der Waals surface area contributed by atoms with Crippen molar-refractivity contribution in [2.24, 2.45) is 0 Å². The maximum atomic E-state index is 13.0. The Morgan fingerprint density at radius 1 is 1.10 bits per heavy atom. The zero-order valence-electron chi connectivity index (χ0n) is 16.0. The van der Waals surface area contributed by atoms with E-state index in [0.29, 0.717) is 40.9 Å². The number of nitrogens with one attached hydrogen (secondary N) is 1. The Hall–Kier alpha value is -3.19. The van der Waals surface area contributed by atoms with Crippen LogP contribution < -0.4 is 10.5 Å². The number of aromatic amines is 1. The monoisotopic (exact) mass is 406 g/mol. The van der Waals surface area contributed by atoms with E-state index in [-0.39, 0.29) is 11.5 Å². The Morgan fingerprint density at radius 2 is 1.83 bits per heavy atom. The number of benzene rings is 2. The second kappa shape index (κ2) is 8.05. The first-order valence-electron chi connectivity index (χ1n) is 9.55. The number of fused-ring (bicyclic) bond motifs is 1. The van der Waals surface area contributed by atoms with Crippen molar-refractivity contribution in [1.29, 1.82) is 0 Å². The predicted octanol–water partition coefficient (Wildman–Crippen LogP) is 3.21. The van der Waals surface area contributed by atoms with Crippen molar-refractivity contribution in [1.82, 2.24) is 14.5 Å². The molecule has 0 bridgehead atoms. The van der Waals surface area contributed by atoms with Gasteiger partial charge < -0.3 is 14.8 Å². The molecule has 0 aliphatic carbocycles. The minimum absolute atomic E-state index is 0.0331.